The van der Waals surface area contributed by atoms with Gasteiger partial charge in [-0.05, 0) is 20.8 Å². The highest BCUT2D eigenvalue weighted by atomic mass is 16.1. The molecule has 0 aliphatic heterocycles. The molecule has 0 aromatic carbocycles. The van der Waals surface area contributed by atoms with Crippen molar-refractivity contribution in [2.24, 2.45) is 12.8 Å². The summed E-state index contributed by atoms with van der Waals surface area (Å²) in [6.45, 7) is 5.82. The Morgan fingerprint density at radius 3 is 2.53 bits per heavy atom. The van der Waals surface area contributed by atoms with Gasteiger partial charge in [-0.3, -0.25) is 14.8 Å². The summed E-state index contributed by atoms with van der Waals surface area (Å²) >= 11 is 0. The van der Waals surface area contributed by atoms with Crippen LogP contribution < -0.4 is 11.1 Å². The third kappa shape index (κ3) is 2.79. The fourth-order valence-corrected chi connectivity index (χ4v) is 1.56. The maximum absolute atomic E-state index is 11.3. The lowest BCUT2D eigenvalue weighted by Crippen LogP contribution is -2.37. The fourth-order valence-electron chi connectivity index (χ4n) is 1.56. The number of carbonyl (C=O) groups excluding carboxylic acids is 1. The third-order valence-corrected chi connectivity index (χ3v) is 2.15. The van der Waals surface area contributed by atoms with Gasteiger partial charge in [0.25, 0.3) is 0 Å². The maximum atomic E-state index is 11.3. The lowest BCUT2D eigenvalue weighted by Gasteiger charge is -2.17. The van der Waals surface area contributed by atoms with Crippen molar-refractivity contribution in [1.29, 1.82) is 0 Å². The molecule has 1 heterocycles. The lowest BCUT2D eigenvalue weighted by molar-refractivity contribution is -0.120. The summed E-state index contributed by atoms with van der Waals surface area (Å²) in [5, 5.41) is 7.31. The normalized spacial score (nSPS) is 13.1. The number of primary amides is 1. The molecule has 1 aromatic heterocycles. The van der Waals surface area contributed by atoms with E-state index in [0.717, 1.165) is 11.3 Å². The minimum atomic E-state index is -0.460. The first-order chi connectivity index (χ1) is 6.91. The molecule has 3 N–H and O–H groups in total. The van der Waals surface area contributed by atoms with Crippen molar-refractivity contribution in [2.75, 3.05) is 0 Å². The molecular formula is C10H18N4O. The Labute approximate surface area is 89.6 Å². The Bertz CT molecular complexity index is 356. The highest BCUT2D eigenvalue weighted by Crippen LogP contribution is 2.16. The Kier molecular flexibility index (Phi) is 3.47. The van der Waals surface area contributed by atoms with Gasteiger partial charge in [0.05, 0.1) is 5.69 Å². The Balaban J connectivity index is 2.98. The highest BCUT2D eigenvalue weighted by Gasteiger charge is 2.22. The molecule has 5 heteroatoms. The molecule has 0 saturated heterocycles. The average molecular weight is 210 g/mol. The van der Waals surface area contributed by atoms with E-state index in [-0.39, 0.29) is 11.9 Å². The van der Waals surface area contributed by atoms with Crippen molar-refractivity contribution in [1.82, 2.24) is 15.1 Å². The summed E-state index contributed by atoms with van der Waals surface area (Å²) in [6, 6.07) is -0.263. The van der Waals surface area contributed by atoms with Crippen LogP contribution in [0.1, 0.15) is 31.1 Å². The van der Waals surface area contributed by atoms with Gasteiger partial charge < -0.3 is 5.73 Å². The van der Waals surface area contributed by atoms with E-state index in [0.29, 0.717) is 0 Å². The zero-order chi connectivity index (χ0) is 11.6. The van der Waals surface area contributed by atoms with Gasteiger partial charge in [0.15, 0.2) is 0 Å². The second kappa shape index (κ2) is 4.44. The molecule has 0 aliphatic rings. The standard InChI is InChI=1S/C10H18N4O/c1-6(2)12-9(10(11)15)8-5-14(4)13-7(8)3/h5-6,9,12H,1-4H3,(H2,11,15). The van der Waals surface area contributed by atoms with Crippen LogP contribution in [0.3, 0.4) is 0 Å². The van der Waals surface area contributed by atoms with Gasteiger partial charge in [0.2, 0.25) is 5.91 Å². The summed E-state index contributed by atoms with van der Waals surface area (Å²) in [4.78, 5) is 11.3. The molecule has 0 aliphatic carbocycles. The van der Waals surface area contributed by atoms with Crippen LogP contribution in [0.25, 0.3) is 0 Å². The van der Waals surface area contributed by atoms with Crippen LogP contribution in [-0.4, -0.2) is 21.7 Å². The minimum absolute atomic E-state index is 0.196. The maximum Gasteiger partial charge on any atom is 0.239 e. The molecule has 1 amide bonds. The third-order valence-electron chi connectivity index (χ3n) is 2.15. The van der Waals surface area contributed by atoms with E-state index in [1.54, 1.807) is 4.68 Å². The first-order valence-electron chi connectivity index (χ1n) is 4.97. The van der Waals surface area contributed by atoms with E-state index >= 15 is 0 Å². The van der Waals surface area contributed by atoms with E-state index in [1.807, 2.05) is 34.0 Å². The van der Waals surface area contributed by atoms with Gasteiger partial charge in [0, 0.05) is 24.8 Å². The predicted molar refractivity (Wildman–Crippen MR) is 58.2 cm³/mol. The molecular weight excluding hydrogens is 192 g/mol. The van der Waals surface area contributed by atoms with Crippen LogP contribution in [0.4, 0.5) is 0 Å². The van der Waals surface area contributed by atoms with Gasteiger partial charge >= 0.3 is 0 Å². The molecule has 15 heavy (non-hydrogen) atoms. The number of hydrogen-bond acceptors (Lipinski definition) is 3. The molecule has 1 aromatic rings. The summed E-state index contributed by atoms with van der Waals surface area (Å²) < 4.78 is 1.68. The number of hydrogen-bond donors (Lipinski definition) is 2. The molecule has 0 bridgehead atoms. The molecule has 0 radical (unpaired) electrons. The van der Waals surface area contributed by atoms with Gasteiger partial charge in [-0.25, -0.2) is 0 Å². The topological polar surface area (TPSA) is 72.9 Å². The van der Waals surface area contributed by atoms with Crippen LogP contribution in [0.2, 0.25) is 0 Å². The van der Waals surface area contributed by atoms with Crippen molar-refractivity contribution >= 4 is 5.91 Å². The number of nitrogens with one attached hydrogen (secondary N) is 1. The van der Waals surface area contributed by atoms with Crippen molar-refractivity contribution in [3.05, 3.63) is 17.5 Å². The number of amides is 1. The summed E-state index contributed by atoms with van der Waals surface area (Å²) in [6.07, 6.45) is 1.82. The Morgan fingerprint density at radius 1 is 1.60 bits per heavy atom. The highest BCUT2D eigenvalue weighted by molar-refractivity contribution is 5.81. The molecule has 1 rings (SSSR count). The van der Waals surface area contributed by atoms with E-state index in [4.69, 9.17) is 5.73 Å². The van der Waals surface area contributed by atoms with E-state index in [2.05, 4.69) is 10.4 Å². The number of carbonyl (C=O) groups is 1. The van der Waals surface area contributed by atoms with Gasteiger partial charge in [-0.15, -0.1) is 0 Å². The SMILES string of the molecule is Cc1nn(C)cc1C(NC(C)C)C(N)=O. The van der Waals surface area contributed by atoms with Gasteiger partial charge in [-0.2, -0.15) is 5.10 Å². The number of nitrogens with zero attached hydrogens (tertiary/aromatic N) is 2. The van der Waals surface area contributed by atoms with Crippen LogP contribution >= 0.6 is 0 Å². The van der Waals surface area contributed by atoms with Crippen molar-refractivity contribution < 1.29 is 4.79 Å². The number of aromatic nitrogens is 2. The largest absolute Gasteiger partial charge is 0.368 e. The second-order valence-corrected chi connectivity index (χ2v) is 4.00. The van der Waals surface area contributed by atoms with E-state index < -0.39 is 6.04 Å². The first kappa shape index (κ1) is 11.7. The smallest absolute Gasteiger partial charge is 0.239 e. The number of nitrogens with two attached hydrogens (primary N) is 1. The first-order valence-corrected chi connectivity index (χ1v) is 4.97. The molecule has 0 spiro atoms. The summed E-state index contributed by atoms with van der Waals surface area (Å²) in [5.74, 6) is -0.375. The van der Waals surface area contributed by atoms with Crippen molar-refractivity contribution in [3.63, 3.8) is 0 Å². The van der Waals surface area contributed by atoms with Crippen molar-refractivity contribution in [3.8, 4) is 0 Å². The number of aryl methyl sites for hydroxylation is 2. The molecule has 0 fully saturated rings. The molecule has 1 atom stereocenters. The quantitative estimate of drug-likeness (QED) is 0.748. The van der Waals surface area contributed by atoms with Crippen LogP contribution in [0.5, 0.6) is 0 Å². The second-order valence-electron chi connectivity index (χ2n) is 4.00. The number of rotatable bonds is 4. The van der Waals surface area contributed by atoms with Gasteiger partial charge in [0.1, 0.15) is 6.04 Å². The minimum Gasteiger partial charge on any atom is -0.368 e. The van der Waals surface area contributed by atoms with Gasteiger partial charge in [-0.1, -0.05) is 0 Å². The van der Waals surface area contributed by atoms with Crippen LogP contribution in [0, 0.1) is 6.92 Å². The zero-order valence-electron chi connectivity index (χ0n) is 9.61. The molecule has 84 valence electrons. The predicted octanol–water partition coefficient (Wildman–Crippen LogP) is 0.253. The zero-order valence-corrected chi connectivity index (χ0v) is 9.61. The molecule has 0 saturated carbocycles. The Morgan fingerprint density at radius 2 is 2.20 bits per heavy atom. The molecule has 1 unspecified atom stereocenters. The average Bonchev–Trinajstić information content (AvgIpc) is 2.40. The monoisotopic (exact) mass is 210 g/mol. The van der Waals surface area contributed by atoms with Crippen LogP contribution in [0.15, 0.2) is 6.20 Å². The molecule has 5 nitrogen and oxygen atoms in total. The summed E-state index contributed by atoms with van der Waals surface area (Å²) in [5.41, 5.74) is 7.03. The lowest BCUT2D eigenvalue weighted by atomic mass is 10.1. The van der Waals surface area contributed by atoms with E-state index in [1.165, 1.54) is 0 Å². The van der Waals surface area contributed by atoms with E-state index in [9.17, 15) is 4.79 Å². The Hall–Kier alpha value is -1.36. The summed E-state index contributed by atoms with van der Waals surface area (Å²) in [7, 11) is 1.82. The van der Waals surface area contributed by atoms with Crippen molar-refractivity contribution in [2.45, 2.75) is 32.9 Å². The van der Waals surface area contributed by atoms with Crippen LogP contribution in [-0.2, 0) is 11.8 Å². The fraction of sp³-hybridized carbons (Fsp3) is 0.600.